The minimum atomic E-state index is -3.93. The molecule has 1 fully saturated rings. The summed E-state index contributed by atoms with van der Waals surface area (Å²) in [7, 11) is -3.93. The van der Waals surface area contributed by atoms with Crippen molar-refractivity contribution < 1.29 is 27.1 Å². The monoisotopic (exact) mass is 449 g/mol. The van der Waals surface area contributed by atoms with Crippen LogP contribution in [0.1, 0.15) is 12.0 Å². The Morgan fingerprint density at radius 1 is 1.03 bits per heavy atom. The van der Waals surface area contributed by atoms with E-state index in [0.29, 0.717) is 13.0 Å². The number of rotatable bonds is 8. The molecule has 1 aliphatic rings. The maximum Gasteiger partial charge on any atom is 0.309 e. The minimum Gasteiger partial charge on any atom is -0.359 e. The standard InChI is InChI=1S/C21H24FN3O5S/c22-17-8-10-18(11-9-17)31(28,29)25-13-14-30-19(25)15-24-21(27)20(26)23-12-4-7-16-5-2-1-3-6-16/h1-3,5-6,8-11,19H,4,7,12-15H2,(H,23,26)(H,24,27). The van der Waals surface area contributed by atoms with Gasteiger partial charge in [-0.2, -0.15) is 4.31 Å². The molecule has 3 rings (SSSR count). The highest BCUT2D eigenvalue weighted by molar-refractivity contribution is 7.89. The number of carbonyl (C=O) groups excluding carboxylic acids is 2. The molecule has 0 spiro atoms. The van der Waals surface area contributed by atoms with Gasteiger partial charge in [-0.05, 0) is 42.7 Å². The summed E-state index contributed by atoms with van der Waals surface area (Å²) >= 11 is 0. The number of amides is 2. The molecule has 1 aliphatic heterocycles. The van der Waals surface area contributed by atoms with E-state index in [1.165, 1.54) is 12.1 Å². The van der Waals surface area contributed by atoms with Crippen LogP contribution in [0.4, 0.5) is 4.39 Å². The molecule has 1 unspecified atom stereocenters. The van der Waals surface area contributed by atoms with Gasteiger partial charge in [-0.25, -0.2) is 12.8 Å². The summed E-state index contributed by atoms with van der Waals surface area (Å²) in [5, 5.41) is 4.95. The number of ether oxygens (including phenoxy) is 1. The molecule has 2 amide bonds. The predicted molar refractivity (Wildman–Crippen MR) is 111 cm³/mol. The minimum absolute atomic E-state index is 0.0770. The fraction of sp³-hybridized carbons (Fsp3) is 0.333. The lowest BCUT2D eigenvalue weighted by atomic mass is 10.1. The van der Waals surface area contributed by atoms with Crippen molar-refractivity contribution in [3.05, 3.63) is 66.0 Å². The lowest BCUT2D eigenvalue weighted by molar-refractivity contribution is -0.139. The van der Waals surface area contributed by atoms with Crippen LogP contribution < -0.4 is 10.6 Å². The molecule has 0 aromatic heterocycles. The van der Waals surface area contributed by atoms with Crippen molar-refractivity contribution in [3.63, 3.8) is 0 Å². The molecule has 31 heavy (non-hydrogen) atoms. The van der Waals surface area contributed by atoms with Gasteiger partial charge in [0.2, 0.25) is 10.0 Å². The number of sulfonamides is 1. The van der Waals surface area contributed by atoms with Crippen LogP contribution in [0.3, 0.4) is 0 Å². The first-order chi connectivity index (χ1) is 14.9. The Morgan fingerprint density at radius 3 is 2.42 bits per heavy atom. The number of nitrogens with one attached hydrogen (secondary N) is 2. The van der Waals surface area contributed by atoms with Crippen molar-refractivity contribution in [1.29, 1.82) is 0 Å². The lowest BCUT2D eigenvalue weighted by Gasteiger charge is -2.22. The normalized spacial score (nSPS) is 16.7. The molecule has 2 aromatic carbocycles. The Labute approximate surface area is 180 Å². The van der Waals surface area contributed by atoms with E-state index in [0.717, 1.165) is 28.4 Å². The highest BCUT2D eigenvalue weighted by Gasteiger charge is 2.36. The van der Waals surface area contributed by atoms with E-state index in [1.807, 2.05) is 30.3 Å². The van der Waals surface area contributed by atoms with Crippen LogP contribution in [0.5, 0.6) is 0 Å². The first-order valence-corrected chi connectivity index (χ1v) is 11.3. The maximum atomic E-state index is 13.1. The maximum absolute atomic E-state index is 13.1. The van der Waals surface area contributed by atoms with Crippen LogP contribution in [0.15, 0.2) is 59.5 Å². The van der Waals surface area contributed by atoms with Gasteiger partial charge in [0, 0.05) is 13.1 Å². The molecule has 1 saturated heterocycles. The smallest absolute Gasteiger partial charge is 0.309 e. The molecule has 0 radical (unpaired) electrons. The van der Waals surface area contributed by atoms with E-state index in [1.54, 1.807) is 0 Å². The number of hydrogen-bond acceptors (Lipinski definition) is 5. The van der Waals surface area contributed by atoms with Gasteiger partial charge >= 0.3 is 11.8 Å². The van der Waals surface area contributed by atoms with E-state index in [4.69, 9.17) is 4.74 Å². The zero-order valence-electron chi connectivity index (χ0n) is 16.8. The number of carbonyl (C=O) groups is 2. The molecule has 10 heteroatoms. The summed E-state index contributed by atoms with van der Waals surface area (Å²) < 4.78 is 45.1. The number of hydrogen-bond donors (Lipinski definition) is 2. The van der Waals surface area contributed by atoms with E-state index in [9.17, 15) is 22.4 Å². The SMILES string of the molecule is O=C(NCCCc1ccccc1)C(=O)NCC1OCCN1S(=O)(=O)c1ccc(F)cc1. The van der Waals surface area contributed by atoms with E-state index < -0.39 is 33.9 Å². The van der Waals surface area contributed by atoms with Crippen LogP contribution in [0, 0.1) is 5.82 Å². The van der Waals surface area contributed by atoms with Crippen LogP contribution in [-0.4, -0.2) is 57.0 Å². The fourth-order valence-electron chi connectivity index (χ4n) is 3.16. The summed E-state index contributed by atoms with van der Waals surface area (Å²) in [6.07, 6.45) is 0.498. The molecule has 166 valence electrons. The van der Waals surface area contributed by atoms with Gasteiger partial charge in [0.15, 0.2) is 0 Å². The van der Waals surface area contributed by atoms with Crippen LogP contribution in [-0.2, 0) is 30.8 Å². The van der Waals surface area contributed by atoms with Crippen molar-refractivity contribution in [2.75, 3.05) is 26.2 Å². The van der Waals surface area contributed by atoms with Crippen molar-refractivity contribution in [1.82, 2.24) is 14.9 Å². The number of nitrogens with zero attached hydrogens (tertiary/aromatic N) is 1. The quantitative estimate of drug-likeness (QED) is 0.463. The van der Waals surface area contributed by atoms with Crippen LogP contribution in [0.2, 0.25) is 0 Å². The zero-order valence-corrected chi connectivity index (χ0v) is 17.6. The number of aryl methyl sites for hydroxylation is 1. The summed E-state index contributed by atoms with van der Waals surface area (Å²) in [6.45, 7) is 0.390. The zero-order chi connectivity index (χ0) is 22.3. The average Bonchev–Trinajstić information content (AvgIpc) is 3.25. The van der Waals surface area contributed by atoms with Crippen molar-refractivity contribution >= 4 is 21.8 Å². The van der Waals surface area contributed by atoms with Gasteiger partial charge in [0.05, 0.1) is 18.0 Å². The largest absolute Gasteiger partial charge is 0.359 e. The lowest BCUT2D eigenvalue weighted by Crippen LogP contribution is -2.47. The summed E-state index contributed by atoms with van der Waals surface area (Å²) in [4.78, 5) is 23.9. The summed E-state index contributed by atoms with van der Waals surface area (Å²) in [6, 6.07) is 14.2. The first kappa shape index (κ1) is 22.9. The van der Waals surface area contributed by atoms with Crippen LogP contribution >= 0.6 is 0 Å². The van der Waals surface area contributed by atoms with Gasteiger partial charge in [-0.1, -0.05) is 30.3 Å². The molecule has 2 aromatic rings. The molecule has 0 saturated carbocycles. The van der Waals surface area contributed by atoms with E-state index in [-0.39, 0.29) is 24.6 Å². The van der Waals surface area contributed by atoms with Crippen LogP contribution in [0.25, 0.3) is 0 Å². The van der Waals surface area contributed by atoms with Gasteiger partial charge in [0.25, 0.3) is 0 Å². The fourth-order valence-corrected chi connectivity index (χ4v) is 4.67. The third-order valence-electron chi connectivity index (χ3n) is 4.78. The average molecular weight is 450 g/mol. The second-order valence-electron chi connectivity index (χ2n) is 6.95. The molecule has 2 N–H and O–H groups in total. The summed E-state index contributed by atoms with van der Waals surface area (Å²) in [5.74, 6) is -2.21. The molecule has 0 aliphatic carbocycles. The molecule has 8 nitrogen and oxygen atoms in total. The number of halogens is 1. The first-order valence-electron chi connectivity index (χ1n) is 9.87. The van der Waals surface area contributed by atoms with Crippen molar-refractivity contribution in [2.24, 2.45) is 0 Å². The van der Waals surface area contributed by atoms with Crippen molar-refractivity contribution in [3.8, 4) is 0 Å². The topological polar surface area (TPSA) is 105 Å². The second-order valence-corrected chi connectivity index (χ2v) is 8.84. The number of benzene rings is 2. The third kappa shape index (κ3) is 6.09. The predicted octanol–water partition coefficient (Wildman–Crippen LogP) is 1.04. The van der Waals surface area contributed by atoms with Gasteiger partial charge in [0.1, 0.15) is 12.0 Å². The molecule has 1 atom stereocenters. The Balaban J connectivity index is 1.46. The van der Waals surface area contributed by atoms with E-state index in [2.05, 4.69) is 10.6 Å². The third-order valence-corrected chi connectivity index (χ3v) is 6.68. The Bertz CT molecular complexity index is 999. The molecular weight excluding hydrogens is 425 g/mol. The molecule has 1 heterocycles. The summed E-state index contributed by atoms with van der Waals surface area (Å²) in [5.41, 5.74) is 1.14. The Morgan fingerprint density at radius 2 is 1.71 bits per heavy atom. The van der Waals surface area contributed by atoms with Gasteiger partial charge in [-0.3, -0.25) is 9.59 Å². The van der Waals surface area contributed by atoms with Gasteiger partial charge < -0.3 is 15.4 Å². The highest BCUT2D eigenvalue weighted by atomic mass is 32.2. The molecule has 0 bridgehead atoms. The highest BCUT2D eigenvalue weighted by Crippen LogP contribution is 2.22. The molecular formula is C21H24FN3O5S. The Hall–Kier alpha value is -2.82. The van der Waals surface area contributed by atoms with E-state index >= 15 is 0 Å². The van der Waals surface area contributed by atoms with Gasteiger partial charge in [-0.15, -0.1) is 0 Å². The van der Waals surface area contributed by atoms with Crippen molar-refractivity contribution in [2.45, 2.75) is 24.0 Å². The second kappa shape index (κ2) is 10.5. The Kier molecular flexibility index (Phi) is 7.72.